The molecule has 2 N–H and O–H groups in total. The summed E-state index contributed by atoms with van der Waals surface area (Å²) in [5.74, 6) is 0.385. The quantitative estimate of drug-likeness (QED) is 0.329. The highest BCUT2D eigenvalue weighted by atomic mass is 16.6. The van der Waals surface area contributed by atoms with E-state index in [2.05, 4.69) is 15.6 Å². The zero-order valence-electron chi connectivity index (χ0n) is 17.8. The van der Waals surface area contributed by atoms with Crippen molar-refractivity contribution in [2.75, 3.05) is 14.2 Å². The minimum Gasteiger partial charge on any atom is -0.497 e. The molecule has 0 aliphatic heterocycles. The van der Waals surface area contributed by atoms with E-state index < -0.39 is 16.4 Å². The molecule has 0 bridgehead atoms. The van der Waals surface area contributed by atoms with Crippen LogP contribution in [-0.2, 0) is 0 Å². The first-order valence-corrected chi connectivity index (χ1v) is 9.39. The van der Waals surface area contributed by atoms with Crippen molar-refractivity contribution in [3.8, 4) is 17.2 Å². The number of hydrogen-bond donors (Lipinski definition) is 2. The van der Waals surface area contributed by atoms with Gasteiger partial charge in [-0.2, -0.15) is 5.10 Å². The number of benzene rings is 2. The third kappa shape index (κ3) is 4.51. The summed E-state index contributed by atoms with van der Waals surface area (Å²) in [5, 5.41) is 17.8. The average molecular weight is 439 g/mol. The molecular weight excluding hydrogens is 418 g/mol. The van der Waals surface area contributed by atoms with Crippen molar-refractivity contribution in [2.45, 2.75) is 13.8 Å². The molecule has 3 rings (SSSR count). The van der Waals surface area contributed by atoms with Crippen LogP contribution < -0.4 is 20.5 Å². The molecule has 0 spiro atoms. The second-order valence-electron chi connectivity index (χ2n) is 6.77. The highest BCUT2D eigenvalue weighted by Crippen LogP contribution is 2.22. The van der Waals surface area contributed by atoms with E-state index in [4.69, 9.17) is 9.47 Å². The van der Waals surface area contributed by atoms with Gasteiger partial charge < -0.3 is 9.47 Å². The lowest BCUT2D eigenvalue weighted by Crippen LogP contribution is -2.23. The number of nitrogens with one attached hydrogen (secondary N) is 2. The predicted octanol–water partition coefficient (Wildman–Crippen LogP) is 2.55. The molecule has 0 fully saturated rings. The SMILES string of the molecule is COc1cc(OC)cc(C(=O)N/N=C(\C)c2c(C)[nH]n(-c3ccc([N+](=O)[O-])cc3)c2=O)c1. The summed E-state index contributed by atoms with van der Waals surface area (Å²) >= 11 is 0. The van der Waals surface area contributed by atoms with Gasteiger partial charge in [0.2, 0.25) is 0 Å². The van der Waals surface area contributed by atoms with Crippen molar-refractivity contribution in [1.29, 1.82) is 0 Å². The number of aryl methyl sites for hydroxylation is 1. The molecule has 3 aromatic rings. The number of nitro benzene ring substituents is 1. The minimum absolute atomic E-state index is 0.0834. The number of carbonyl (C=O) groups is 1. The lowest BCUT2D eigenvalue weighted by molar-refractivity contribution is -0.384. The maximum atomic E-state index is 12.9. The Bertz CT molecular complexity index is 1230. The summed E-state index contributed by atoms with van der Waals surface area (Å²) in [6, 6.07) is 10.2. The van der Waals surface area contributed by atoms with Gasteiger partial charge in [-0.25, -0.2) is 10.1 Å². The molecule has 0 aliphatic carbocycles. The van der Waals surface area contributed by atoms with Crippen LogP contribution >= 0.6 is 0 Å². The number of nitro groups is 1. The Hall–Kier alpha value is -4.41. The molecule has 0 saturated heterocycles. The van der Waals surface area contributed by atoms with Crippen LogP contribution in [0.2, 0.25) is 0 Å². The maximum absolute atomic E-state index is 12.9. The van der Waals surface area contributed by atoms with Gasteiger partial charge in [-0.15, -0.1) is 0 Å². The van der Waals surface area contributed by atoms with E-state index in [1.165, 1.54) is 55.3 Å². The molecule has 0 saturated carbocycles. The van der Waals surface area contributed by atoms with Gasteiger partial charge in [-0.05, 0) is 38.1 Å². The Morgan fingerprint density at radius 3 is 2.25 bits per heavy atom. The number of aromatic amines is 1. The normalized spacial score (nSPS) is 11.2. The summed E-state index contributed by atoms with van der Waals surface area (Å²) in [6.07, 6.45) is 0. The number of H-pyrrole nitrogens is 1. The van der Waals surface area contributed by atoms with E-state index >= 15 is 0 Å². The average Bonchev–Trinajstić information content (AvgIpc) is 3.10. The van der Waals surface area contributed by atoms with E-state index in [1.807, 2.05) is 0 Å². The van der Waals surface area contributed by atoms with Crippen LogP contribution in [0.5, 0.6) is 11.5 Å². The molecule has 11 heteroatoms. The van der Waals surface area contributed by atoms with Gasteiger partial charge >= 0.3 is 0 Å². The van der Waals surface area contributed by atoms with Gasteiger partial charge in [0.05, 0.1) is 36.1 Å². The third-order valence-electron chi connectivity index (χ3n) is 4.69. The molecule has 11 nitrogen and oxygen atoms in total. The van der Waals surface area contributed by atoms with Crippen LogP contribution in [0.3, 0.4) is 0 Å². The van der Waals surface area contributed by atoms with Gasteiger partial charge in [0.1, 0.15) is 11.5 Å². The number of aromatic nitrogens is 2. The fourth-order valence-corrected chi connectivity index (χ4v) is 3.07. The van der Waals surface area contributed by atoms with Crippen LogP contribution in [0.4, 0.5) is 5.69 Å². The number of hydrogen-bond acceptors (Lipinski definition) is 7. The first kappa shape index (κ1) is 22.3. The fraction of sp³-hybridized carbons (Fsp3) is 0.190. The van der Waals surface area contributed by atoms with Crippen molar-refractivity contribution in [1.82, 2.24) is 15.2 Å². The standard InChI is InChI=1S/C21H21N5O6/c1-12(22-23-20(27)14-9-17(31-3)11-18(10-14)32-4)19-13(2)24-25(21(19)28)15-5-7-16(8-6-15)26(29)30/h5-11,24H,1-4H3,(H,23,27)/b22-12+. The van der Waals surface area contributed by atoms with Crippen molar-refractivity contribution in [2.24, 2.45) is 5.10 Å². The number of amides is 1. The highest BCUT2D eigenvalue weighted by molar-refractivity contribution is 6.01. The van der Waals surface area contributed by atoms with Crippen molar-refractivity contribution in [3.63, 3.8) is 0 Å². The molecule has 166 valence electrons. The largest absolute Gasteiger partial charge is 0.497 e. The maximum Gasteiger partial charge on any atom is 0.280 e. The summed E-state index contributed by atoms with van der Waals surface area (Å²) in [4.78, 5) is 35.7. The van der Waals surface area contributed by atoms with E-state index in [-0.39, 0.29) is 22.5 Å². The number of non-ortho nitro benzene ring substituents is 1. The summed E-state index contributed by atoms with van der Waals surface area (Å²) < 4.78 is 11.6. The van der Waals surface area contributed by atoms with E-state index in [0.717, 1.165) is 0 Å². The Kier molecular flexibility index (Phi) is 6.38. The highest BCUT2D eigenvalue weighted by Gasteiger charge is 2.17. The van der Waals surface area contributed by atoms with Crippen LogP contribution in [0.1, 0.15) is 28.5 Å². The minimum atomic E-state index is -0.519. The Morgan fingerprint density at radius 2 is 1.72 bits per heavy atom. The molecule has 32 heavy (non-hydrogen) atoms. The van der Waals surface area contributed by atoms with Crippen molar-refractivity contribution in [3.05, 3.63) is 79.8 Å². The first-order valence-electron chi connectivity index (χ1n) is 9.39. The Morgan fingerprint density at radius 1 is 1.12 bits per heavy atom. The summed E-state index contributed by atoms with van der Waals surface area (Å²) in [7, 11) is 2.95. The molecule has 0 atom stereocenters. The molecule has 0 radical (unpaired) electrons. The molecule has 2 aromatic carbocycles. The van der Waals surface area contributed by atoms with Crippen LogP contribution in [0, 0.1) is 17.0 Å². The Balaban J connectivity index is 1.86. The molecule has 1 aromatic heterocycles. The number of hydrazone groups is 1. The van der Waals surface area contributed by atoms with Crippen molar-refractivity contribution >= 4 is 17.3 Å². The zero-order chi connectivity index (χ0) is 23.4. The smallest absolute Gasteiger partial charge is 0.280 e. The number of ether oxygens (including phenoxy) is 2. The second kappa shape index (κ2) is 9.16. The van der Waals surface area contributed by atoms with Gasteiger partial charge in [-0.3, -0.25) is 24.8 Å². The van der Waals surface area contributed by atoms with Gasteiger partial charge in [0.15, 0.2) is 0 Å². The molecule has 0 unspecified atom stereocenters. The Labute approximate surface area is 182 Å². The topological polar surface area (TPSA) is 141 Å². The molecule has 1 heterocycles. The van der Waals surface area contributed by atoms with E-state index in [0.29, 0.717) is 22.9 Å². The van der Waals surface area contributed by atoms with Gasteiger partial charge in [-0.1, -0.05) is 0 Å². The molecule has 0 aliphatic rings. The molecular formula is C21H21N5O6. The molecule has 1 amide bonds. The van der Waals surface area contributed by atoms with E-state index in [9.17, 15) is 19.7 Å². The van der Waals surface area contributed by atoms with Crippen LogP contribution in [0.15, 0.2) is 52.4 Å². The number of methoxy groups -OCH3 is 2. The summed E-state index contributed by atoms with van der Waals surface area (Å²) in [6.45, 7) is 3.27. The predicted molar refractivity (Wildman–Crippen MR) is 117 cm³/mol. The third-order valence-corrected chi connectivity index (χ3v) is 4.69. The monoisotopic (exact) mass is 439 g/mol. The lowest BCUT2D eigenvalue weighted by atomic mass is 10.2. The number of carbonyl (C=O) groups excluding carboxylic acids is 1. The fourth-order valence-electron chi connectivity index (χ4n) is 3.07. The van der Waals surface area contributed by atoms with Crippen LogP contribution in [-0.4, -0.2) is 40.5 Å². The first-order chi connectivity index (χ1) is 15.2. The van der Waals surface area contributed by atoms with E-state index in [1.54, 1.807) is 19.9 Å². The number of nitrogens with zero attached hydrogens (tertiary/aromatic N) is 3. The van der Waals surface area contributed by atoms with Crippen LogP contribution in [0.25, 0.3) is 5.69 Å². The van der Waals surface area contributed by atoms with Crippen molar-refractivity contribution < 1.29 is 19.2 Å². The second-order valence-corrected chi connectivity index (χ2v) is 6.77. The lowest BCUT2D eigenvalue weighted by Gasteiger charge is -2.07. The number of rotatable bonds is 7. The summed E-state index contributed by atoms with van der Waals surface area (Å²) in [5.41, 5.74) is 3.71. The zero-order valence-corrected chi connectivity index (χ0v) is 17.8. The van der Waals surface area contributed by atoms with Gasteiger partial charge in [0, 0.05) is 29.5 Å². The van der Waals surface area contributed by atoms with Gasteiger partial charge in [0.25, 0.3) is 17.2 Å².